The van der Waals surface area contributed by atoms with E-state index in [4.69, 9.17) is 0 Å². The van der Waals surface area contributed by atoms with Crippen molar-refractivity contribution in [3.63, 3.8) is 0 Å². The van der Waals surface area contributed by atoms with Crippen LogP contribution in [0.2, 0.25) is 0 Å². The van der Waals surface area contributed by atoms with Gasteiger partial charge in [0.25, 0.3) is 5.69 Å². The molecule has 2 aromatic carbocycles. The number of rotatable bonds is 6. The Bertz CT molecular complexity index is 604. The summed E-state index contributed by atoms with van der Waals surface area (Å²) in [7, 11) is 1.91. The summed E-state index contributed by atoms with van der Waals surface area (Å²) in [6.07, 6.45) is 0. The molecular weight excluding hydrogens is 284 g/mol. The van der Waals surface area contributed by atoms with E-state index in [-0.39, 0.29) is 21.9 Å². The molecule has 0 fully saturated rings. The van der Waals surface area contributed by atoms with Gasteiger partial charge < -0.3 is 5.32 Å². The summed E-state index contributed by atoms with van der Waals surface area (Å²) in [5, 5.41) is 14.6. The minimum Gasteiger partial charge on any atom is -0.312 e. The number of hydrogen-bond acceptors (Lipinski definition) is 4. The lowest BCUT2D eigenvalue weighted by atomic mass is 10.0. The van der Waals surface area contributed by atoms with Crippen LogP contribution in [0.15, 0.2) is 59.5 Å². The third-order valence-electron chi connectivity index (χ3n) is 3.31. The molecule has 21 heavy (non-hydrogen) atoms. The van der Waals surface area contributed by atoms with Crippen molar-refractivity contribution >= 4 is 17.4 Å². The van der Waals surface area contributed by atoms with E-state index >= 15 is 0 Å². The van der Waals surface area contributed by atoms with E-state index in [0.717, 1.165) is 0 Å². The van der Waals surface area contributed by atoms with E-state index in [2.05, 4.69) is 24.4 Å². The van der Waals surface area contributed by atoms with E-state index < -0.39 is 0 Å². The molecular formula is C16H18N2O2S. The van der Waals surface area contributed by atoms with Crippen molar-refractivity contribution in [3.8, 4) is 0 Å². The highest BCUT2D eigenvalue weighted by Crippen LogP contribution is 2.36. The number of benzene rings is 2. The second-order valence-electron chi connectivity index (χ2n) is 4.72. The molecule has 5 heteroatoms. The molecule has 0 saturated heterocycles. The number of nitro benzene ring substituents is 1. The molecule has 110 valence electrons. The number of thioether (sulfide) groups is 1. The first-order valence-electron chi connectivity index (χ1n) is 6.75. The van der Waals surface area contributed by atoms with Gasteiger partial charge in [0.2, 0.25) is 0 Å². The second kappa shape index (κ2) is 7.24. The first-order valence-corrected chi connectivity index (χ1v) is 7.63. The third-order valence-corrected chi connectivity index (χ3v) is 4.56. The van der Waals surface area contributed by atoms with Crippen LogP contribution in [0.25, 0.3) is 0 Å². The van der Waals surface area contributed by atoms with Gasteiger partial charge in [-0.2, -0.15) is 0 Å². The van der Waals surface area contributed by atoms with Crippen LogP contribution in [0.4, 0.5) is 5.69 Å². The highest BCUT2D eigenvalue weighted by atomic mass is 32.2. The van der Waals surface area contributed by atoms with Gasteiger partial charge in [-0.25, -0.2) is 0 Å². The van der Waals surface area contributed by atoms with E-state index in [1.807, 2.05) is 31.3 Å². The highest BCUT2D eigenvalue weighted by molar-refractivity contribution is 8.00. The predicted molar refractivity (Wildman–Crippen MR) is 86.7 cm³/mol. The molecule has 0 aliphatic carbocycles. The molecule has 0 radical (unpaired) electrons. The largest absolute Gasteiger partial charge is 0.312 e. The van der Waals surface area contributed by atoms with Gasteiger partial charge in [-0.1, -0.05) is 49.4 Å². The fraction of sp³-hybridized carbons (Fsp3) is 0.250. The molecule has 2 aromatic rings. The van der Waals surface area contributed by atoms with Crippen LogP contribution in [0.5, 0.6) is 0 Å². The third kappa shape index (κ3) is 3.83. The molecule has 2 rings (SSSR count). The predicted octanol–water partition coefficient (Wildman–Crippen LogP) is 4.04. The fourth-order valence-corrected chi connectivity index (χ4v) is 3.56. The fourth-order valence-electron chi connectivity index (χ4n) is 2.31. The summed E-state index contributed by atoms with van der Waals surface area (Å²) in [6, 6.07) is 17.1. The SMILES string of the molecule is CNC(c1ccccc1)C(C)Sc1ccccc1[N+](=O)[O-]. The zero-order valence-corrected chi connectivity index (χ0v) is 12.8. The van der Waals surface area contributed by atoms with Gasteiger partial charge in [0.15, 0.2) is 0 Å². The Morgan fingerprint density at radius 1 is 1.10 bits per heavy atom. The highest BCUT2D eigenvalue weighted by Gasteiger charge is 2.22. The smallest absolute Gasteiger partial charge is 0.282 e. The van der Waals surface area contributed by atoms with E-state index in [1.165, 1.54) is 17.3 Å². The lowest BCUT2D eigenvalue weighted by Crippen LogP contribution is -2.25. The van der Waals surface area contributed by atoms with Crippen molar-refractivity contribution in [1.29, 1.82) is 0 Å². The average Bonchev–Trinajstić information content (AvgIpc) is 2.49. The summed E-state index contributed by atoms with van der Waals surface area (Å²) in [5.41, 5.74) is 1.34. The molecule has 2 unspecified atom stereocenters. The van der Waals surface area contributed by atoms with Crippen LogP contribution in [0, 0.1) is 10.1 Å². The zero-order chi connectivity index (χ0) is 15.2. The van der Waals surface area contributed by atoms with Gasteiger partial charge in [0.1, 0.15) is 0 Å². The molecule has 4 nitrogen and oxygen atoms in total. The maximum Gasteiger partial charge on any atom is 0.282 e. The van der Waals surface area contributed by atoms with Gasteiger partial charge >= 0.3 is 0 Å². The minimum absolute atomic E-state index is 0.135. The van der Waals surface area contributed by atoms with Gasteiger partial charge in [-0.15, -0.1) is 11.8 Å². The first kappa shape index (κ1) is 15.5. The topological polar surface area (TPSA) is 55.2 Å². The van der Waals surface area contributed by atoms with Crippen LogP contribution in [0.3, 0.4) is 0 Å². The average molecular weight is 302 g/mol. The standard InChI is InChI=1S/C16H18N2O2S/c1-12(16(17-2)13-8-4-3-5-9-13)21-15-11-7-6-10-14(15)18(19)20/h3-12,16-17H,1-2H3. The Labute approximate surface area is 128 Å². The monoisotopic (exact) mass is 302 g/mol. The molecule has 2 atom stereocenters. The van der Waals surface area contributed by atoms with Gasteiger partial charge in [-0.05, 0) is 18.7 Å². The number of hydrogen-bond donors (Lipinski definition) is 1. The Morgan fingerprint density at radius 3 is 2.33 bits per heavy atom. The van der Waals surface area contributed by atoms with Crippen LogP contribution < -0.4 is 5.32 Å². The molecule has 0 aliphatic heterocycles. The van der Waals surface area contributed by atoms with E-state index in [0.29, 0.717) is 4.90 Å². The lowest BCUT2D eigenvalue weighted by molar-refractivity contribution is -0.387. The van der Waals surface area contributed by atoms with Crippen LogP contribution in [0.1, 0.15) is 18.5 Å². The minimum atomic E-state index is -0.327. The molecule has 0 aromatic heterocycles. The summed E-state index contributed by atoms with van der Waals surface area (Å²) < 4.78 is 0. The van der Waals surface area contributed by atoms with Crippen molar-refractivity contribution in [2.45, 2.75) is 23.1 Å². The maximum atomic E-state index is 11.1. The Hall–Kier alpha value is -1.85. The van der Waals surface area contributed by atoms with Crippen molar-refractivity contribution in [1.82, 2.24) is 5.32 Å². The zero-order valence-electron chi connectivity index (χ0n) is 12.0. The molecule has 0 heterocycles. The van der Waals surface area contributed by atoms with Gasteiger partial charge in [-0.3, -0.25) is 10.1 Å². The van der Waals surface area contributed by atoms with Crippen molar-refractivity contribution in [2.75, 3.05) is 7.05 Å². The Balaban J connectivity index is 2.21. The summed E-state index contributed by atoms with van der Waals surface area (Å²) in [5.74, 6) is 0. The maximum absolute atomic E-state index is 11.1. The van der Waals surface area contributed by atoms with Crippen LogP contribution in [-0.4, -0.2) is 17.2 Å². The quantitative estimate of drug-likeness (QED) is 0.497. The summed E-state index contributed by atoms with van der Waals surface area (Å²) in [6.45, 7) is 2.08. The number of nitrogens with one attached hydrogen (secondary N) is 1. The summed E-state index contributed by atoms with van der Waals surface area (Å²) >= 11 is 1.52. The number of nitro groups is 1. The second-order valence-corrected chi connectivity index (χ2v) is 6.14. The summed E-state index contributed by atoms with van der Waals surface area (Å²) in [4.78, 5) is 11.5. The van der Waals surface area contributed by atoms with Gasteiger partial charge in [0.05, 0.1) is 9.82 Å². The van der Waals surface area contributed by atoms with E-state index in [1.54, 1.807) is 18.2 Å². The number of para-hydroxylation sites is 1. The normalized spacial score (nSPS) is 13.6. The Morgan fingerprint density at radius 2 is 1.71 bits per heavy atom. The first-order chi connectivity index (χ1) is 10.1. The molecule has 1 N–H and O–H groups in total. The van der Waals surface area contributed by atoms with Crippen LogP contribution in [-0.2, 0) is 0 Å². The molecule has 0 amide bonds. The van der Waals surface area contributed by atoms with Crippen LogP contribution >= 0.6 is 11.8 Å². The molecule has 0 spiro atoms. The number of nitrogens with zero attached hydrogens (tertiary/aromatic N) is 1. The Kier molecular flexibility index (Phi) is 5.36. The molecule has 0 aliphatic rings. The molecule has 0 saturated carbocycles. The van der Waals surface area contributed by atoms with Gasteiger partial charge in [0, 0.05) is 17.4 Å². The molecule has 0 bridgehead atoms. The lowest BCUT2D eigenvalue weighted by Gasteiger charge is -2.23. The van der Waals surface area contributed by atoms with E-state index in [9.17, 15) is 10.1 Å². The van der Waals surface area contributed by atoms with Crippen molar-refractivity contribution < 1.29 is 4.92 Å². The van der Waals surface area contributed by atoms with Crippen molar-refractivity contribution in [3.05, 3.63) is 70.3 Å². The van der Waals surface area contributed by atoms with Crippen molar-refractivity contribution in [2.24, 2.45) is 0 Å².